The number of fused-ring (bicyclic) bond motifs is 3. The van der Waals surface area contributed by atoms with Crippen LogP contribution in [0, 0.1) is 20.8 Å². The van der Waals surface area contributed by atoms with Crippen molar-refractivity contribution in [3.63, 3.8) is 0 Å². The minimum atomic E-state index is -0.209. The summed E-state index contributed by atoms with van der Waals surface area (Å²) < 4.78 is 8.63. The summed E-state index contributed by atoms with van der Waals surface area (Å²) in [5.41, 5.74) is 14.4. The number of benzene rings is 2. The molecule has 0 spiro atoms. The number of hydrogen-bond donors (Lipinski definition) is 3. The molecule has 8 nitrogen and oxygen atoms in total. The Kier molecular flexibility index (Phi) is 7.27. The number of nitrogens with one attached hydrogen (secondary N) is 1. The molecule has 0 saturated carbocycles. The lowest BCUT2D eigenvalue weighted by molar-refractivity contribution is 0.163. The van der Waals surface area contributed by atoms with Gasteiger partial charge >= 0.3 is 0 Å². The fraction of sp³-hybridized carbons (Fsp3) is 0.250. The Morgan fingerprint density at radius 3 is 2.68 bits per heavy atom. The van der Waals surface area contributed by atoms with Gasteiger partial charge in [0.25, 0.3) is 0 Å². The highest BCUT2D eigenvalue weighted by Crippen LogP contribution is 2.33. The maximum atomic E-state index is 10.1. The topological polar surface area (TPSA) is 113 Å². The molecule has 2 aromatic carbocycles. The Labute approximate surface area is 220 Å². The zero-order chi connectivity index (χ0) is 25.9. The van der Waals surface area contributed by atoms with E-state index < -0.39 is 0 Å². The van der Waals surface area contributed by atoms with E-state index in [1.54, 1.807) is 12.5 Å². The summed E-state index contributed by atoms with van der Waals surface area (Å²) >= 11 is 1.42. The third-order valence-electron chi connectivity index (χ3n) is 6.42. The second-order valence-electron chi connectivity index (χ2n) is 9.17. The van der Waals surface area contributed by atoms with Gasteiger partial charge in [0, 0.05) is 29.1 Å². The first-order valence-electron chi connectivity index (χ1n) is 12.1. The van der Waals surface area contributed by atoms with Crippen molar-refractivity contribution >= 4 is 34.8 Å². The average molecular weight is 515 g/mol. The van der Waals surface area contributed by atoms with Gasteiger partial charge in [0.05, 0.1) is 36.5 Å². The van der Waals surface area contributed by atoms with Crippen molar-refractivity contribution in [2.45, 2.75) is 38.3 Å². The molecule has 5 rings (SSSR count). The summed E-state index contributed by atoms with van der Waals surface area (Å²) in [7, 11) is 0. The van der Waals surface area contributed by atoms with Crippen LogP contribution in [0.5, 0.6) is 0 Å². The Hall–Kier alpha value is -3.66. The summed E-state index contributed by atoms with van der Waals surface area (Å²) in [6, 6.07) is 14.3. The molecule has 1 aliphatic heterocycles. The molecule has 1 atom stereocenters. The van der Waals surface area contributed by atoms with Gasteiger partial charge in [-0.15, -0.1) is 0 Å². The number of furan rings is 1. The van der Waals surface area contributed by atoms with Crippen LogP contribution in [0.2, 0.25) is 0 Å². The molecule has 9 heteroatoms. The number of aliphatic hydroxyl groups excluding tert-OH is 1. The largest absolute Gasteiger partial charge is 0.445 e. The van der Waals surface area contributed by atoms with Crippen LogP contribution < -0.4 is 10.5 Å². The third kappa shape index (κ3) is 5.39. The highest BCUT2D eigenvalue weighted by Gasteiger charge is 2.23. The maximum absolute atomic E-state index is 10.1. The van der Waals surface area contributed by atoms with E-state index in [0.717, 1.165) is 49.6 Å². The highest BCUT2D eigenvalue weighted by atomic mass is 32.2. The van der Waals surface area contributed by atoms with Crippen LogP contribution in [0.25, 0.3) is 16.9 Å². The molecule has 0 aliphatic carbocycles. The summed E-state index contributed by atoms with van der Waals surface area (Å²) in [5, 5.41) is 10.1. The van der Waals surface area contributed by atoms with Crippen molar-refractivity contribution in [2.24, 2.45) is 10.7 Å². The van der Waals surface area contributed by atoms with Gasteiger partial charge in [-0.05, 0) is 67.6 Å². The second kappa shape index (κ2) is 10.8. The zero-order valence-corrected chi connectivity index (χ0v) is 21.9. The Morgan fingerprint density at radius 2 is 1.89 bits per heavy atom. The molecule has 4 aromatic rings. The minimum Gasteiger partial charge on any atom is -0.445 e. The SMILES string of the molecule is Cc1cccc(C)c1C1=CC(N(CCO)Cc2cnc3occ(C)c3n2)c2cccc(c2)SNC(N)=N1. The molecule has 37 heavy (non-hydrogen) atoms. The number of hydrogen-bond acceptors (Lipinski definition) is 9. The van der Waals surface area contributed by atoms with E-state index in [-0.39, 0.29) is 12.6 Å². The van der Waals surface area contributed by atoms with Crippen LogP contribution in [0.4, 0.5) is 0 Å². The quantitative estimate of drug-likeness (QED) is 0.319. The van der Waals surface area contributed by atoms with Gasteiger partial charge in [-0.3, -0.25) is 9.62 Å². The lowest BCUT2D eigenvalue weighted by Crippen LogP contribution is -2.31. The Balaban J connectivity index is 1.65. The van der Waals surface area contributed by atoms with Crippen molar-refractivity contribution in [3.05, 3.63) is 94.5 Å². The highest BCUT2D eigenvalue weighted by molar-refractivity contribution is 7.98. The van der Waals surface area contributed by atoms with Crippen LogP contribution in [0.15, 0.2) is 75.3 Å². The van der Waals surface area contributed by atoms with Crippen LogP contribution in [0.3, 0.4) is 0 Å². The number of guanidine groups is 1. The number of aliphatic hydroxyl groups is 1. The molecule has 4 N–H and O–H groups in total. The number of rotatable bonds is 6. The van der Waals surface area contributed by atoms with E-state index >= 15 is 0 Å². The van der Waals surface area contributed by atoms with Gasteiger partial charge in [0.15, 0.2) is 0 Å². The van der Waals surface area contributed by atoms with Crippen molar-refractivity contribution in [2.75, 3.05) is 13.2 Å². The number of aromatic nitrogens is 2. The van der Waals surface area contributed by atoms with Crippen LogP contribution in [-0.2, 0) is 6.54 Å². The summed E-state index contributed by atoms with van der Waals surface area (Å²) in [4.78, 5) is 17.3. The number of aryl methyl sites for hydroxylation is 3. The molecule has 3 heterocycles. The van der Waals surface area contributed by atoms with E-state index in [1.807, 2.05) is 25.1 Å². The van der Waals surface area contributed by atoms with E-state index in [4.69, 9.17) is 20.1 Å². The van der Waals surface area contributed by atoms with Gasteiger partial charge < -0.3 is 15.3 Å². The van der Waals surface area contributed by atoms with Gasteiger partial charge in [-0.25, -0.2) is 15.0 Å². The lowest BCUT2D eigenvalue weighted by Gasteiger charge is -2.30. The summed E-state index contributed by atoms with van der Waals surface area (Å²) in [6.07, 6.45) is 5.53. The van der Waals surface area contributed by atoms with Crippen molar-refractivity contribution in [3.8, 4) is 0 Å². The molecule has 190 valence electrons. The van der Waals surface area contributed by atoms with Crippen molar-refractivity contribution in [1.29, 1.82) is 0 Å². The maximum Gasteiger partial charge on any atom is 0.245 e. The normalized spacial score (nSPS) is 15.9. The molecule has 1 aliphatic rings. The summed E-state index contributed by atoms with van der Waals surface area (Å²) in [5.74, 6) is 0.324. The molecular weight excluding hydrogens is 484 g/mol. The molecule has 0 radical (unpaired) electrons. The van der Waals surface area contributed by atoms with E-state index in [1.165, 1.54) is 11.9 Å². The van der Waals surface area contributed by atoms with Crippen LogP contribution in [-0.4, -0.2) is 39.1 Å². The third-order valence-corrected chi connectivity index (χ3v) is 7.22. The molecule has 1 unspecified atom stereocenters. The van der Waals surface area contributed by atoms with Gasteiger partial charge in [0.1, 0.15) is 5.52 Å². The Morgan fingerprint density at radius 1 is 1.11 bits per heavy atom. The van der Waals surface area contributed by atoms with Crippen LogP contribution >= 0.6 is 11.9 Å². The predicted molar refractivity (Wildman–Crippen MR) is 148 cm³/mol. The fourth-order valence-corrected chi connectivity index (χ4v) is 5.28. The number of aliphatic imine (C=N–C) groups is 1. The molecule has 0 saturated heterocycles. The molecule has 2 bridgehead atoms. The fourth-order valence-electron chi connectivity index (χ4n) is 4.67. The van der Waals surface area contributed by atoms with Crippen molar-refractivity contribution in [1.82, 2.24) is 19.6 Å². The number of nitrogens with zero attached hydrogens (tertiary/aromatic N) is 4. The molecule has 0 fully saturated rings. The standard InChI is InChI=1S/C28H30N6O2S/c1-17-6-4-7-18(2)25(17)23-13-24(20-8-5-9-22(12-20)37-33-28(29)32-23)34(10-11-35)15-21-14-30-27-26(31-21)19(3)16-36-27/h4-9,12-14,16,24,35H,10-11,15H2,1-3H3,(H3,29,32,33). The molecule has 2 aromatic heterocycles. The smallest absolute Gasteiger partial charge is 0.245 e. The summed E-state index contributed by atoms with van der Waals surface area (Å²) in [6.45, 7) is 7.01. The Bertz CT molecular complexity index is 1480. The minimum absolute atomic E-state index is 0.00905. The van der Waals surface area contributed by atoms with Gasteiger partial charge in [-0.2, -0.15) is 0 Å². The lowest BCUT2D eigenvalue weighted by atomic mass is 9.96. The average Bonchev–Trinajstić information content (AvgIpc) is 3.25. The molecule has 0 amide bonds. The second-order valence-corrected chi connectivity index (χ2v) is 10.0. The van der Waals surface area contributed by atoms with Crippen molar-refractivity contribution < 1.29 is 9.52 Å². The van der Waals surface area contributed by atoms with Crippen LogP contribution in [0.1, 0.15) is 39.6 Å². The first kappa shape index (κ1) is 25.0. The number of nitrogens with two attached hydrogens (primary N) is 1. The first-order valence-corrected chi connectivity index (χ1v) is 12.9. The van der Waals surface area contributed by atoms with E-state index in [9.17, 15) is 5.11 Å². The van der Waals surface area contributed by atoms with Gasteiger partial charge in [0.2, 0.25) is 11.7 Å². The van der Waals surface area contributed by atoms with E-state index in [0.29, 0.717) is 24.8 Å². The van der Waals surface area contributed by atoms with Gasteiger partial charge in [-0.1, -0.05) is 30.3 Å². The zero-order valence-electron chi connectivity index (χ0n) is 21.1. The predicted octanol–water partition coefficient (Wildman–Crippen LogP) is 4.65. The molecular formula is C28H30N6O2S. The van der Waals surface area contributed by atoms with E-state index in [2.05, 4.69) is 58.8 Å². The monoisotopic (exact) mass is 514 g/mol. The first-order chi connectivity index (χ1) is 17.9.